The van der Waals surface area contributed by atoms with Crippen molar-refractivity contribution in [2.24, 2.45) is 0 Å². The molecule has 0 saturated carbocycles. The van der Waals surface area contributed by atoms with Crippen LogP contribution in [0.4, 0.5) is 0 Å². The first-order valence-corrected chi connectivity index (χ1v) is 6.98. The van der Waals surface area contributed by atoms with Gasteiger partial charge in [0.25, 0.3) is 0 Å². The Kier molecular flexibility index (Phi) is 3.48. The number of aromatic hydroxyl groups is 2. The molecule has 0 aliphatic heterocycles. The van der Waals surface area contributed by atoms with Crippen LogP contribution >= 0.6 is 0 Å². The van der Waals surface area contributed by atoms with Crippen LogP contribution in [0.1, 0.15) is 11.1 Å². The number of ether oxygens (including phenoxy) is 3. The smallest absolute Gasteiger partial charge is 0.203 e. The fraction of sp³-hybridized carbons (Fsp3) is 0.294. The zero-order valence-electron chi connectivity index (χ0n) is 12.8. The van der Waals surface area contributed by atoms with Crippen LogP contribution in [0.2, 0.25) is 0 Å². The second kappa shape index (κ2) is 5.33. The summed E-state index contributed by atoms with van der Waals surface area (Å²) in [7, 11) is 4.50. The predicted molar refractivity (Wildman–Crippen MR) is 82.3 cm³/mol. The number of rotatable bonds is 3. The van der Waals surface area contributed by atoms with Crippen molar-refractivity contribution in [3.63, 3.8) is 0 Å². The molecule has 5 nitrogen and oxygen atoms in total. The molecule has 5 heteroatoms. The second-order valence-corrected chi connectivity index (χ2v) is 5.15. The monoisotopic (exact) mass is 302 g/mol. The average Bonchev–Trinajstić information content (AvgIpc) is 2.53. The summed E-state index contributed by atoms with van der Waals surface area (Å²) in [5.41, 5.74) is 3.34. The van der Waals surface area contributed by atoms with Crippen LogP contribution < -0.4 is 14.2 Å². The summed E-state index contributed by atoms with van der Waals surface area (Å²) in [6.45, 7) is 0. The highest BCUT2D eigenvalue weighted by Gasteiger charge is 2.29. The lowest BCUT2D eigenvalue weighted by atomic mass is 9.83. The highest BCUT2D eigenvalue weighted by molar-refractivity contribution is 5.87. The van der Waals surface area contributed by atoms with Crippen LogP contribution in [-0.4, -0.2) is 31.5 Å². The standard InChI is InChI=1S/C17H18O5/c1-20-12-7-6-9-4-5-10-8-11(18)16(21-2)17(22-3)14(10)13(9)15(12)19/h6-8,18-19H,4-5H2,1-3H3. The largest absolute Gasteiger partial charge is 0.504 e. The molecule has 0 amide bonds. The van der Waals surface area contributed by atoms with Crippen LogP contribution in [0.3, 0.4) is 0 Å². The Bertz CT molecular complexity index is 737. The topological polar surface area (TPSA) is 68.2 Å². The Hall–Kier alpha value is -2.56. The summed E-state index contributed by atoms with van der Waals surface area (Å²) in [6.07, 6.45) is 1.52. The van der Waals surface area contributed by atoms with E-state index in [-0.39, 0.29) is 17.2 Å². The van der Waals surface area contributed by atoms with Gasteiger partial charge in [-0.25, -0.2) is 0 Å². The van der Waals surface area contributed by atoms with Gasteiger partial charge >= 0.3 is 0 Å². The zero-order valence-corrected chi connectivity index (χ0v) is 12.8. The molecule has 0 fully saturated rings. The number of hydrogen-bond donors (Lipinski definition) is 2. The Morgan fingerprint density at radius 1 is 0.818 bits per heavy atom. The minimum absolute atomic E-state index is 0.0314. The van der Waals surface area contributed by atoms with Crippen molar-refractivity contribution >= 4 is 0 Å². The number of hydrogen-bond acceptors (Lipinski definition) is 5. The summed E-state index contributed by atoms with van der Waals surface area (Å²) < 4.78 is 15.9. The molecule has 2 aromatic rings. The maximum atomic E-state index is 10.6. The van der Waals surface area contributed by atoms with E-state index in [1.54, 1.807) is 12.1 Å². The van der Waals surface area contributed by atoms with E-state index in [1.165, 1.54) is 21.3 Å². The third-order valence-corrected chi connectivity index (χ3v) is 4.07. The zero-order chi connectivity index (χ0) is 15.9. The highest BCUT2D eigenvalue weighted by atomic mass is 16.5. The summed E-state index contributed by atoms with van der Waals surface area (Å²) in [4.78, 5) is 0. The van der Waals surface area contributed by atoms with E-state index in [1.807, 2.05) is 6.07 Å². The first-order chi connectivity index (χ1) is 10.6. The van der Waals surface area contributed by atoms with Crippen molar-refractivity contribution in [1.82, 2.24) is 0 Å². The van der Waals surface area contributed by atoms with Crippen LogP contribution in [0.25, 0.3) is 11.1 Å². The Morgan fingerprint density at radius 3 is 2.14 bits per heavy atom. The Balaban J connectivity index is 2.38. The number of phenolic OH excluding ortho intramolecular Hbond substituents is 2. The van der Waals surface area contributed by atoms with Gasteiger partial charge < -0.3 is 24.4 Å². The molecule has 0 saturated heterocycles. The lowest BCUT2D eigenvalue weighted by Gasteiger charge is -2.25. The van der Waals surface area contributed by atoms with Crippen LogP contribution in [0, 0.1) is 0 Å². The molecule has 1 aliphatic carbocycles. The molecule has 0 bridgehead atoms. The van der Waals surface area contributed by atoms with Gasteiger partial charge in [-0.3, -0.25) is 0 Å². The SMILES string of the molecule is COc1ccc2c(c1O)-c1c(cc(O)c(OC)c1OC)CC2. The molecule has 3 rings (SSSR count). The maximum absolute atomic E-state index is 10.6. The van der Waals surface area contributed by atoms with Gasteiger partial charge in [0.05, 0.1) is 21.3 Å². The molecule has 22 heavy (non-hydrogen) atoms. The molecule has 1 aliphatic rings. The minimum Gasteiger partial charge on any atom is -0.504 e. The molecule has 2 aromatic carbocycles. The molecule has 0 aromatic heterocycles. The summed E-state index contributed by atoms with van der Waals surface area (Å²) in [6, 6.07) is 5.36. The first-order valence-electron chi connectivity index (χ1n) is 6.98. The van der Waals surface area contributed by atoms with Gasteiger partial charge in [0.2, 0.25) is 5.75 Å². The molecular weight excluding hydrogens is 284 g/mol. The molecule has 0 spiro atoms. The lowest BCUT2D eigenvalue weighted by molar-refractivity contribution is 0.333. The Morgan fingerprint density at radius 2 is 1.50 bits per heavy atom. The van der Waals surface area contributed by atoms with E-state index in [0.29, 0.717) is 17.1 Å². The van der Waals surface area contributed by atoms with Crippen molar-refractivity contribution in [1.29, 1.82) is 0 Å². The molecule has 0 unspecified atom stereocenters. The van der Waals surface area contributed by atoms with Crippen LogP contribution in [0.15, 0.2) is 18.2 Å². The molecular formula is C17H18O5. The van der Waals surface area contributed by atoms with E-state index in [2.05, 4.69) is 0 Å². The number of phenols is 2. The molecule has 0 atom stereocenters. The van der Waals surface area contributed by atoms with Crippen LogP contribution in [-0.2, 0) is 12.8 Å². The van der Waals surface area contributed by atoms with Gasteiger partial charge in [-0.2, -0.15) is 0 Å². The van der Waals surface area contributed by atoms with Gasteiger partial charge in [-0.05, 0) is 36.1 Å². The third kappa shape index (κ3) is 1.93. The normalized spacial score (nSPS) is 12.3. The quantitative estimate of drug-likeness (QED) is 0.912. The van der Waals surface area contributed by atoms with Crippen molar-refractivity contribution < 1.29 is 24.4 Å². The molecule has 0 heterocycles. The van der Waals surface area contributed by atoms with Crippen molar-refractivity contribution in [3.05, 3.63) is 29.3 Å². The summed E-state index contributed by atoms with van der Waals surface area (Å²) >= 11 is 0. The maximum Gasteiger partial charge on any atom is 0.203 e. The van der Waals surface area contributed by atoms with E-state index >= 15 is 0 Å². The summed E-state index contributed by atoms with van der Waals surface area (Å²) in [5, 5.41) is 20.7. The van der Waals surface area contributed by atoms with Crippen molar-refractivity contribution in [2.75, 3.05) is 21.3 Å². The molecule has 2 N–H and O–H groups in total. The van der Waals surface area contributed by atoms with Gasteiger partial charge in [-0.15, -0.1) is 0 Å². The van der Waals surface area contributed by atoms with E-state index in [0.717, 1.165) is 29.5 Å². The van der Waals surface area contributed by atoms with E-state index in [9.17, 15) is 10.2 Å². The van der Waals surface area contributed by atoms with E-state index < -0.39 is 0 Å². The lowest BCUT2D eigenvalue weighted by Crippen LogP contribution is -2.07. The highest BCUT2D eigenvalue weighted by Crippen LogP contribution is 2.53. The number of aryl methyl sites for hydroxylation is 2. The molecule has 0 radical (unpaired) electrons. The van der Waals surface area contributed by atoms with Gasteiger partial charge in [0.1, 0.15) is 0 Å². The van der Waals surface area contributed by atoms with Crippen molar-refractivity contribution in [3.8, 4) is 39.9 Å². The van der Waals surface area contributed by atoms with Crippen molar-refractivity contribution in [2.45, 2.75) is 12.8 Å². The van der Waals surface area contributed by atoms with E-state index in [4.69, 9.17) is 14.2 Å². The van der Waals surface area contributed by atoms with Gasteiger partial charge in [0.15, 0.2) is 23.0 Å². The fourth-order valence-electron chi connectivity index (χ4n) is 3.08. The minimum atomic E-state index is 0.0314. The second-order valence-electron chi connectivity index (χ2n) is 5.15. The fourth-order valence-corrected chi connectivity index (χ4v) is 3.08. The third-order valence-electron chi connectivity index (χ3n) is 4.07. The average molecular weight is 302 g/mol. The number of fused-ring (bicyclic) bond motifs is 3. The number of benzene rings is 2. The van der Waals surface area contributed by atoms with Gasteiger partial charge in [-0.1, -0.05) is 6.07 Å². The first kappa shape index (κ1) is 14.4. The van der Waals surface area contributed by atoms with Crippen LogP contribution in [0.5, 0.6) is 28.7 Å². The molecule has 116 valence electrons. The Labute approximate surface area is 128 Å². The van der Waals surface area contributed by atoms with Gasteiger partial charge in [0, 0.05) is 11.1 Å². The summed E-state index contributed by atoms with van der Waals surface area (Å²) in [5.74, 6) is 1.19. The predicted octanol–water partition coefficient (Wildman–Crippen LogP) is 2.89. The number of methoxy groups -OCH3 is 3.